The molecule has 2 heteroatoms. The smallest absolute Gasteiger partial charge is 0.0386 e. The van der Waals surface area contributed by atoms with Crippen LogP contribution in [0.15, 0.2) is 274 Å². The van der Waals surface area contributed by atoms with Gasteiger partial charge in [-0.2, -0.15) is 0 Å². The molecule has 340 valence electrons. The molecule has 69 heavy (non-hydrogen) atoms. The van der Waals surface area contributed by atoms with Crippen molar-refractivity contribution in [2.24, 2.45) is 0 Å². The molecular formula is C67H62N2. The molecule has 0 bridgehead atoms. The maximum absolute atomic E-state index is 4.13. The predicted molar refractivity (Wildman–Crippen MR) is 305 cm³/mol. The van der Waals surface area contributed by atoms with Gasteiger partial charge in [0.15, 0.2) is 0 Å². The van der Waals surface area contributed by atoms with E-state index in [1.54, 1.807) is 0 Å². The maximum atomic E-state index is 4.13. The number of nitrogens with one attached hydrogen (secondary N) is 2. The number of anilines is 2. The van der Waals surface area contributed by atoms with Gasteiger partial charge in [-0.15, -0.1) is 0 Å². The zero-order valence-electron chi connectivity index (χ0n) is 40.3. The number of hydrogen-bond acceptors (Lipinski definition) is 2. The van der Waals surface area contributed by atoms with Crippen molar-refractivity contribution in [3.05, 3.63) is 307 Å². The summed E-state index contributed by atoms with van der Waals surface area (Å²) >= 11 is 0. The third-order valence-corrected chi connectivity index (χ3v) is 12.1. The van der Waals surface area contributed by atoms with E-state index in [2.05, 4.69) is 257 Å². The van der Waals surface area contributed by atoms with Gasteiger partial charge < -0.3 is 10.6 Å². The third kappa shape index (κ3) is 12.7. The van der Waals surface area contributed by atoms with Gasteiger partial charge in [0.1, 0.15) is 0 Å². The molecule has 6 aromatic carbocycles. The van der Waals surface area contributed by atoms with Gasteiger partial charge in [0.25, 0.3) is 0 Å². The molecule has 6 aromatic rings. The van der Waals surface area contributed by atoms with Crippen molar-refractivity contribution in [1.29, 1.82) is 0 Å². The van der Waals surface area contributed by atoms with Crippen LogP contribution >= 0.6 is 0 Å². The van der Waals surface area contributed by atoms with Crippen LogP contribution in [0.4, 0.5) is 11.4 Å². The lowest BCUT2D eigenvalue weighted by Gasteiger charge is -2.23. The standard InChI is InChI=1S/C67H62N2/c1-7-24-53(25-8-2)55-43-38-52(39-44-55)37-40-54(32-23-48-69-60-45-46-63-61(10-4)65(26-9-3)67(5,6)66(63)50-60)56-41-35-51(36-42-56)27-15-11-12-22-47-68-59-33-19-14-18-28-57-31-20-21-34-62(57)64(49-59)58-29-16-13-17-30-58/h7-50,68-69H,1,4H2,2-3,5-6H3/b12-11-,18-14?,19-14?,25-8-,26-9-,27-15-,28-18?,33-19?,40-37-,47-22+,48-23+,53-24+,54-32+,57-28?,59-33?,59-49?,64-49?,64-62?. The molecule has 1 aliphatic carbocycles. The molecule has 0 saturated heterocycles. The minimum absolute atomic E-state index is 0.117. The van der Waals surface area contributed by atoms with Gasteiger partial charge in [0.2, 0.25) is 0 Å². The Morgan fingerprint density at radius 1 is 0.507 bits per heavy atom. The molecule has 0 heterocycles. The fraction of sp³-hybridized carbons (Fsp3) is 0.0746. The quantitative estimate of drug-likeness (QED) is 0.0892. The summed E-state index contributed by atoms with van der Waals surface area (Å²) in [7, 11) is 0. The monoisotopic (exact) mass is 894 g/mol. The van der Waals surface area contributed by atoms with E-state index in [0.29, 0.717) is 0 Å². The molecule has 0 saturated carbocycles. The fourth-order valence-electron chi connectivity index (χ4n) is 8.55. The molecule has 0 atom stereocenters. The SMILES string of the molecule is C=C/C=C(\C=C/C)c1ccc(\C=C/C(=C\C=C\Nc2ccc3c(c2)C(C)(C)C(/C=C\C)=C3C=C)c2ccc(\C=C/C=C\C=C\Nc3cccccc4ccccc4c(-c4ccccc4)c3)cc2)cc1. The second kappa shape index (κ2) is 24.3. The van der Waals surface area contributed by atoms with Crippen LogP contribution in [-0.4, -0.2) is 0 Å². The average molecular weight is 895 g/mol. The Kier molecular flexibility index (Phi) is 17.1. The summed E-state index contributed by atoms with van der Waals surface area (Å²) in [6.45, 7) is 16.7. The van der Waals surface area contributed by atoms with Crippen LogP contribution in [0.25, 0.3) is 50.8 Å². The van der Waals surface area contributed by atoms with Gasteiger partial charge in [0, 0.05) is 29.2 Å². The lowest BCUT2D eigenvalue weighted by molar-refractivity contribution is 0.654. The third-order valence-electron chi connectivity index (χ3n) is 12.1. The van der Waals surface area contributed by atoms with Crippen molar-refractivity contribution >= 4 is 51.0 Å². The van der Waals surface area contributed by atoms with E-state index >= 15 is 0 Å². The summed E-state index contributed by atoms with van der Waals surface area (Å²) in [6, 6.07) is 55.7. The highest BCUT2D eigenvalue weighted by molar-refractivity contribution is 5.96. The Hall–Kier alpha value is -8.46. The van der Waals surface area contributed by atoms with Crippen LogP contribution in [0.5, 0.6) is 0 Å². The molecular weight excluding hydrogens is 833 g/mol. The van der Waals surface area contributed by atoms with Gasteiger partial charge in [0.05, 0.1) is 0 Å². The first-order valence-electron chi connectivity index (χ1n) is 23.6. The van der Waals surface area contributed by atoms with E-state index in [-0.39, 0.29) is 5.41 Å². The molecule has 0 spiro atoms. The number of allylic oxidation sites excluding steroid dienone is 18. The van der Waals surface area contributed by atoms with Gasteiger partial charge in [-0.3, -0.25) is 0 Å². The highest BCUT2D eigenvalue weighted by Crippen LogP contribution is 2.48. The van der Waals surface area contributed by atoms with Gasteiger partial charge in [-0.05, 0) is 128 Å². The zero-order chi connectivity index (χ0) is 48.3. The van der Waals surface area contributed by atoms with Crippen LogP contribution < -0.4 is 10.6 Å². The number of benzene rings is 5. The molecule has 2 nitrogen and oxygen atoms in total. The first kappa shape index (κ1) is 48.5. The van der Waals surface area contributed by atoms with Gasteiger partial charge in [-0.1, -0.05) is 246 Å². The van der Waals surface area contributed by atoms with Crippen molar-refractivity contribution in [3.63, 3.8) is 0 Å². The fourth-order valence-corrected chi connectivity index (χ4v) is 8.55. The summed E-state index contributed by atoms with van der Waals surface area (Å²) in [6.07, 6.45) is 37.2. The normalized spacial score (nSPS) is 14.0. The van der Waals surface area contributed by atoms with Crippen molar-refractivity contribution < 1.29 is 0 Å². The predicted octanol–water partition coefficient (Wildman–Crippen LogP) is 18.5. The summed E-state index contributed by atoms with van der Waals surface area (Å²) in [4.78, 5) is 0. The molecule has 0 amide bonds. The Morgan fingerprint density at radius 2 is 1.12 bits per heavy atom. The number of rotatable bonds is 17. The molecule has 0 aliphatic heterocycles. The zero-order valence-corrected chi connectivity index (χ0v) is 40.3. The molecule has 1 aliphatic rings. The first-order chi connectivity index (χ1) is 33.8. The van der Waals surface area contributed by atoms with Crippen molar-refractivity contribution in [3.8, 4) is 11.1 Å². The van der Waals surface area contributed by atoms with Gasteiger partial charge in [-0.25, -0.2) is 0 Å². The molecule has 2 N–H and O–H groups in total. The Labute approximate surface area is 411 Å². The number of fused-ring (bicyclic) bond motifs is 2. The lowest BCUT2D eigenvalue weighted by Crippen LogP contribution is -2.16. The van der Waals surface area contributed by atoms with Crippen LogP contribution in [0.3, 0.4) is 0 Å². The van der Waals surface area contributed by atoms with Crippen molar-refractivity contribution in [2.75, 3.05) is 10.6 Å². The van der Waals surface area contributed by atoms with Crippen molar-refractivity contribution in [2.45, 2.75) is 33.1 Å². The second-order valence-electron chi connectivity index (χ2n) is 17.1. The van der Waals surface area contributed by atoms with Crippen molar-refractivity contribution in [1.82, 2.24) is 0 Å². The molecule has 0 fully saturated rings. The van der Waals surface area contributed by atoms with E-state index in [1.807, 2.05) is 61.9 Å². The lowest BCUT2D eigenvalue weighted by atomic mass is 9.81. The highest BCUT2D eigenvalue weighted by Gasteiger charge is 2.35. The second-order valence-corrected chi connectivity index (χ2v) is 17.1. The molecule has 7 rings (SSSR count). The van der Waals surface area contributed by atoms with E-state index in [1.165, 1.54) is 38.6 Å². The van der Waals surface area contributed by atoms with E-state index in [9.17, 15) is 0 Å². The average Bonchev–Trinajstić information content (AvgIpc) is 3.59. The summed E-state index contributed by atoms with van der Waals surface area (Å²) in [5.41, 5.74) is 16.0. The summed E-state index contributed by atoms with van der Waals surface area (Å²) in [5, 5.41) is 9.39. The van der Waals surface area contributed by atoms with E-state index < -0.39 is 0 Å². The Bertz CT molecular complexity index is 3130. The minimum atomic E-state index is -0.117. The molecule has 0 aromatic heterocycles. The topological polar surface area (TPSA) is 24.1 Å². The summed E-state index contributed by atoms with van der Waals surface area (Å²) < 4.78 is 0. The van der Waals surface area contributed by atoms with Crippen LogP contribution in [0.1, 0.15) is 61.1 Å². The first-order valence-corrected chi connectivity index (χ1v) is 23.6. The Morgan fingerprint density at radius 3 is 1.80 bits per heavy atom. The van der Waals surface area contributed by atoms with Crippen LogP contribution in [-0.2, 0) is 5.41 Å². The van der Waals surface area contributed by atoms with Crippen LogP contribution in [0.2, 0.25) is 0 Å². The molecule has 0 unspecified atom stereocenters. The maximum Gasteiger partial charge on any atom is 0.0386 e. The molecule has 0 radical (unpaired) electrons. The van der Waals surface area contributed by atoms with Gasteiger partial charge >= 0.3 is 0 Å². The van der Waals surface area contributed by atoms with Crippen LogP contribution in [0, 0.1) is 0 Å². The summed E-state index contributed by atoms with van der Waals surface area (Å²) in [5.74, 6) is 0. The minimum Gasteiger partial charge on any atom is -0.362 e. The van der Waals surface area contributed by atoms with E-state index in [0.717, 1.165) is 50.3 Å². The highest BCUT2D eigenvalue weighted by atomic mass is 14.8. The Balaban J connectivity index is 1.07. The largest absolute Gasteiger partial charge is 0.362 e. The van der Waals surface area contributed by atoms with E-state index in [4.69, 9.17) is 0 Å². The number of hydrogen-bond donors (Lipinski definition) is 2.